The quantitative estimate of drug-likeness (QED) is 0.899. The van der Waals surface area contributed by atoms with Crippen molar-refractivity contribution in [3.8, 4) is 0 Å². The zero-order chi connectivity index (χ0) is 13.8. The maximum atomic E-state index is 10.7. The summed E-state index contributed by atoms with van der Waals surface area (Å²) in [5.41, 5.74) is 1.30. The van der Waals surface area contributed by atoms with E-state index in [1.54, 1.807) is 0 Å². The number of benzene rings is 1. The highest BCUT2D eigenvalue weighted by atomic mass is 79.9. The van der Waals surface area contributed by atoms with E-state index in [0.29, 0.717) is 6.04 Å². The van der Waals surface area contributed by atoms with Crippen LogP contribution in [-0.4, -0.2) is 53.6 Å². The SMILES string of the molecule is CN(CC(=O)O)C1CCN(Cc2ccc(Br)cc2)C1. The van der Waals surface area contributed by atoms with Crippen LogP contribution in [-0.2, 0) is 11.3 Å². The first-order valence-electron chi connectivity index (χ1n) is 6.43. The van der Waals surface area contributed by atoms with Crippen molar-refractivity contribution in [2.75, 3.05) is 26.7 Å². The highest BCUT2D eigenvalue weighted by Gasteiger charge is 2.26. The van der Waals surface area contributed by atoms with Gasteiger partial charge in [-0.25, -0.2) is 0 Å². The number of carboxylic acid groups (broad SMARTS) is 1. The number of aliphatic carboxylic acids is 1. The molecular weight excluding hydrogens is 308 g/mol. The number of likely N-dealkylation sites (N-methyl/N-ethyl adjacent to an activating group) is 1. The number of halogens is 1. The Bertz CT molecular complexity index is 436. The van der Waals surface area contributed by atoms with Gasteiger partial charge in [-0.3, -0.25) is 14.6 Å². The van der Waals surface area contributed by atoms with Crippen LogP contribution in [0, 0.1) is 0 Å². The largest absolute Gasteiger partial charge is 0.480 e. The van der Waals surface area contributed by atoms with E-state index < -0.39 is 5.97 Å². The Morgan fingerprint density at radius 3 is 2.79 bits per heavy atom. The third-order valence-corrected chi connectivity index (χ3v) is 4.10. The molecule has 104 valence electrons. The lowest BCUT2D eigenvalue weighted by Crippen LogP contribution is -2.37. The number of hydrogen-bond donors (Lipinski definition) is 1. The van der Waals surface area contributed by atoms with Gasteiger partial charge in [0.1, 0.15) is 0 Å². The van der Waals surface area contributed by atoms with Gasteiger partial charge in [0.05, 0.1) is 6.54 Å². The van der Waals surface area contributed by atoms with Crippen molar-refractivity contribution in [2.24, 2.45) is 0 Å². The molecule has 0 aromatic heterocycles. The zero-order valence-corrected chi connectivity index (χ0v) is 12.6. The number of carboxylic acids is 1. The Labute approximate surface area is 122 Å². The van der Waals surface area contributed by atoms with Crippen LogP contribution in [0.4, 0.5) is 0 Å². The van der Waals surface area contributed by atoms with E-state index in [-0.39, 0.29) is 6.54 Å². The normalized spacial score (nSPS) is 20.1. The van der Waals surface area contributed by atoms with Crippen LogP contribution in [0.25, 0.3) is 0 Å². The molecular formula is C14H19BrN2O2. The molecule has 1 aromatic rings. The predicted octanol–water partition coefficient (Wildman–Crippen LogP) is 2.04. The van der Waals surface area contributed by atoms with Gasteiger partial charge >= 0.3 is 5.97 Å². The first kappa shape index (κ1) is 14.5. The van der Waals surface area contributed by atoms with Gasteiger partial charge in [0, 0.05) is 30.1 Å². The molecule has 19 heavy (non-hydrogen) atoms. The van der Waals surface area contributed by atoms with Gasteiger partial charge in [-0.1, -0.05) is 28.1 Å². The average molecular weight is 327 g/mol. The van der Waals surface area contributed by atoms with Crippen molar-refractivity contribution >= 4 is 21.9 Å². The number of nitrogens with zero attached hydrogens (tertiary/aromatic N) is 2. The molecule has 1 aromatic carbocycles. The van der Waals surface area contributed by atoms with Crippen LogP contribution in [0.15, 0.2) is 28.7 Å². The van der Waals surface area contributed by atoms with Crippen molar-refractivity contribution in [3.05, 3.63) is 34.3 Å². The van der Waals surface area contributed by atoms with Crippen molar-refractivity contribution in [1.82, 2.24) is 9.80 Å². The van der Waals surface area contributed by atoms with E-state index in [9.17, 15) is 4.79 Å². The summed E-state index contributed by atoms with van der Waals surface area (Å²) >= 11 is 3.43. The third-order valence-electron chi connectivity index (χ3n) is 3.57. The standard InChI is InChI=1S/C14H19BrN2O2/c1-16(10-14(18)19)13-6-7-17(9-13)8-11-2-4-12(15)5-3-11/h2-5,13H,6-10H2,1H3,(H,18,19). The molecule has 0 bridgehead atoms. The molecule has 0 radical (unpaired) electrons. The van der Waals surface area contributed by atoms with Crippen molar-refractivity contribution in [3.63, 3.8) is 0 Å². The Hall–Kier alpha value is -0.910. The average Bonchev–Trinajstić information content (AvgIpc) is 2.80. The number of hydrogen-bond acceptors (Lipinski definition) is 3. The van der Waals surface area contributed by atoms with Gasteiger partial charge in [0.25, 0.3) is 0 Å². The van der Waals surface area contributed by atoms with E-state index in [1.807, 2.05) is 11.9 Å². The van der Waals surface area contributed by atoms with Gasteiger partial charge in [-0.15, -0.1) is 0 Å². The maximum Gasteiger partial charge on any atom is 0.317 e. The zero-order valence-electron chi connectivity index (χ0n) is 11.1. The Balaban J connectivity index is 1.85. The van der Waals surface area contributed by atoms with Crippen LogP contribution < -0.4 is 0 Å². The molecule has 1 atom stereocenters. The molecule has 5 heteroatoms. The fourth-order valence-corrected chi connectivity index (χ4v) is 2.77. The molecule has 2 rings (SSSR count). The Morgan fingerprint density at radius 1 is 1.47 bits per heavy atom. The molecule has 1 fully saturated rings. The molecule has 1 aliphatic heterocycles. The number of carbonyl (C=O) groups is 1. The van der Waals surface area contributed by atoms with Crippen molar-refractivity contribution in [1.29, 1.82) is 0 Å². The van der Waals surface area contributed by atoms with Crippen LogP contribution in [0.3, 0.4) is 0 Å². The van der Waals surface area contributed by atoms with E-state index in [4.69, 9.17) is 5.11 Å². The molecule has 4 nitrogen and oxygen atoms in total. The Kier molecular flexibility index (Phi) is 4.96. The van der Waals surface area contributed by atoms with Gasteiger partial charge in [-0.2, -0.15) is 0 Å². The van der Waals surface area contributed by atoms with Gasteiger partial charge in [-0.05, 0) is 31.2 Å². The minimum Gasteiger partial charge on any atom is -0.480 e. The Morgan fingerprint density at radius 2 is 2.16 bits per heavy atom. The number of likely N-dealkylation sites (tertiary alicyclic amines) is 1. The predicted molar refractivity (Wildman–Crippen MR) is 78.1 cm³/mol. The second-order valence-corrected chi connectivity index (χ2v) is 6.03. The molecule has 1 saturated heterocycles. The molecule has 1 unspecified atom stereocenters. The minimum absolute atomic E-state index is 0.122. The lowest BCUT2D eigenvalue weighted by molar-refractivity contribution is -0.138. The summed E-state index contributed by atoms with van der Waals surface area (Å²) in [5.74, 6) is -0.756. The molecule has 1 N–H and O–H groups in total. The van der Waals surface area contributed by atoms with Crippen molar-refractivity contribution in [2.45, 2.75) is 19.0 Å². The van der Waals surface area contributed by atoms with E-state index in [0.717, 1.165) is 30.5 Å². The molecule has 1 heterocycles. The molecule has 0 aliphatic carbocycles. The van der Waals surface area contributed by atoms with E-state index >= 15 is 0 Å². The van der Waals surface area contributed by atoms with Crippen LogP contribution in [0.1, 0.15) is 12.0 Å². The van der Waals surface area contributed by atoms with Gasteiger partial charge in [0.2, 0.25) is 0 Å². The van der Waals surface area contributed by atoms with Crippen LogP contribution >= 0.6 is 15.9 Å². The summed E-state index contributed by atoms with van der Waals surface area (Å²) in [6.07, 6.45) is 1.04. The first-order valence-corrected chi connectivity index (χ1v) is 7.23. The first-order chi connectivity index (χ1) is 9.04. The molecule has 1 aliphatic rings. The number of rotatable bonds is 5. The van der Waals surface area contributed by atoms with Gasteiger partial charge < -0.3 is 5.11 Å². The van der Waals surface area contributed by atoms with E-state index in [1.165, 1.54) is 5.56 Å². The second kappa shape index (κ2) is 6.50. The third kappa shape index (κ3) is 4.30. The van der Waals surface area contributed by atoms with Crippen LogP contribution in [0.2, 0.25) is 0 Å². The smallest absolute Gasteiger partial charge is 0.317 e. The summed E-state index contributed by atoms with van der Waals surface area (Å²) in [6.45, 7) is 3.03. The summed E-state index contributed by atoms with van der Waals surface area (Å²) in [5, 5.41) is 8.81. The summed E-state index contributed by atoms with van der Waals surface area (Å²) in [7, 11) is 1.89. The lowest BCUT2D eigenvalue weighted by Gasteiger charge is -2.23. The summed E-state index contributed by atoms with van der Waals surface area (Å²) < 4.78 is 1.09. The lowest BCUT2D eigenvalue weighted by atomic mass is 10.2. The second-order valence-electron chi connectivity index (χ2n) is 5.11. The van der Waals surface area contributed by atoms with Gasteiger partial charge in [0.15, 0.2) is 0 Å². The fourth-order valence-electron chi connectivity index (χ4n) is 2.51. The summed E-state index contributed by atoms with van der Waals surface area (Å²) in [6, 6.07) is 8.71. The molecule has 0 amide bonds. The monoisotopic (exact) mass is 326 g/mol. The minimum atomic E-state index is -0.756. The highest BCUT2D eigenvalue weighted by Crippen LogP contribution is 2.18. The topological polar surface area (TPSA) is 43.8 Å². The maximum absolute atomic E-state index is 10.7. The van der Waals surface area contributed by atoms with E-state index in [2.05, 4.69) is 45.1 Å². The fraction of sp³-hybridized carbons (Fsp3) is 0.500. The molecule has 0 saturated carbocycles. The summed E-state index contributed by atoms with van der Waals surface area (Å²) in [4.78, 5) is 15.0. The highest BCUT2D eigenvalue weighted by molar-refractivity contribution is 9.10. The van der Waals surface area contributed by atoms with Crippen LogP contribution in [0.5, 0.6) is 0 Å². The molecule has 0 spiro atoms. The van der Waals surface area contributed by atoms with Crippen molar-refractivity contribution < 1.29 is 9.90 Å².